The highest BCUT2D eigenvalue weighted by atomic mass is 16.5. The lowest BCUT2D eigenvalue weighted by atomic mass is 10.1. The predicted molar refractivity (Wildman–Crippen MR) is 103 cm³/mol. The van der Waals surface area contributed by atoms with Crippen LogP contribution < -0.4 is 14.8 Å². The molecule has 2 heterocycles. The lowest BCUT2D eigenvalue weighted by Crippen LogP contribution is -2.26. The van der Waals surface area contributed by atoms with Crippen molar-refractivity contribution < 1.29 is 23.7 Å². The third kappa shape index (κ3) is 4.63. The number of ether oxygens (including phenoxy) is 4. The molecule has 1 amide bonds. The Balaban J connectivity index is 1.65. The molecule has 1 N–H and O–H groups in total. The number of benzene rings is 1. The number of fused-ring (bicyclic) bond motifs is 1. The number of methoxy groups -OCH3 is 3. The molecule has 8 nitrogen and oxygen atoms in total. The van der Waals surface area contributed by atoms with Gasteiger partial charge in [0.1, 0.15) is 11.5 Å². The summed E-state index contributed by atoms with van der Waals surface area (Å²) in [5, 5.41) is 7.66. The Morgan fingerprint density at radius 3 is 2.64 bits per heavy atom. The molecular weight excluding hydrogens is 362 g/mol. The van der Waals surface area contributed by atoms with Crippen LogP contribution in [-0.4, -0.2) is 56.8 Å². The van der Waals surface area contributed by atoms with Crippen LogP contribution >= 0.6 is 0 Å². The minimum absolute atomic E-state index is 0.180. The van der Waals surface area contributed by atoms with Crippen LogP contribution in [0.25, 0.3) is 0 Å². The molecule has 0 saturated heterocycles. The molecule has 1 aliphatic heterocycles. The minimum atomic E-state index is -0.180. The van der Waals surface area contributed by atoms with Crippen LogP contribution in [0.2, 0.25) is 0 Å². The summed E-state index contributed by atoms with van der Waals surface area (Å²) in [6.07, 6.45) is 1.49. The van der Waals surface area contributed by atoms with Gasteiger partial charge in [-0.05, 0) is 12.1 Å². The molecule has 28 heavy (non-hydrogen) atoms. The van der Waals surface area contributed by atoms with Crippen molar-refractivity contribution in [1.29, 1.82) is 0 Å². The Kier molecular flexibility index (Phi) is 6.89. The third-order valence-electron chi connectivity index (χ3n) is 4.75. The lowest BCUT2D eigenvalue weighted by molar-refractivity contribution is 0.0953. The van der Waals surface area contributed by atoms with E-state index < -0.39 is 0 Å². The van der Waals surface area contributed by atoms with E-state index in [9.17, 15) is 4.79 Å². The van der Waals surface area contributed by atoms with Crippen molar-refractivity contribution in [3.05, 3.63) is 40.7 Å². The van der Waals surface area contributed by atoms with Gasteiger partial charge in [0.25, 0.3) is 5.91 Å². The Bertz CT molecular complexity index is 796. The Morgan fingerprint density at radius 2 is 1.96 bits per heavy atom. The molecule has 1 aromatic carbocycles. The highest BCUT2D eigenvalue weighted by Crippen LogP contribution is 2.23. The van der Waals surface area contributed by atoms with Gasteiger partial charge in [0, 0.05) is 49.4 Å². The second kappa shape index (κ2) is 9.57. The fraction of sp³-hybridized carbons (Fsp3) is 0.500. The molecular formula is C20H27N3O5. The SMILES string of the molecule is COCCn1nc(CCNC(=O)c2cc(OC)cc(OC)c2)c2c1CCOC2. The summed E-state index contributed by atoms with van der Waals surface area (Å²) in [5.41, 5.74) is 3.81. The zero-order valence-corrected chi connectivity index (χ0v) is 16.6. The van der Waals surface area contributed by atoms with E-state index in [4.69, 9.17) is 24.0 Å². The molecule has 0 saturated carbocycles. The average molecular weight is 389 g/mol. The van der Waals surface area contributed by atoms with E-state index in [2.05, 4.69) is 5.32 Å². The highest BCUT2D eigenvalue weighted by Gasteiger charge is 2.21. The van der Waals surface area contributed by atoms with Gasteiger partial charge in [0.05, 0.1) is 46.3 Å². The zero-order valence-electron chi connectivity index (χ0n) is 16.6. The molecule has 0 bridgehead atoms. The number of aromatic nitrogens is 2. The van der Waals surface area contributed by atoms with Crippen LogP contribution in [0.5, 0.6) is 11.5 Å². The predicted octanol–water partition coefficient (Wildman–Crippen LogP) is 1.59. The first-order valence-corrected chi connectivity index (χ1v) is 9.31. The molecule has 1 aromatic heterocycles. The summed E-state index contributed by atoms with van der Waals surface area (Å²) in [5.74, 6) is 0.973. The van der Waals surface area contributed by atoms with Gasteiger partial charge >= 0.3 is 0 Å². The van der Waals surface area contributed by atoms with Gasteiger partial charge < -0.3 is 24.3 Å². The van der Waals surface area contributed by atoms with Gasteiger partial charge in [0.2, 0.25) is 0 Å². The minimum Gasteiger partial charge on any atom is -0.497 e. The first-order chi connectivity index (χ1) is 13.7. The lowest BCUT2D eigenvalue weighted by Gasteiger charge is -2.15. The molecule has 0 unspecified atom stereocenters. The van der Waals surface area contributed by atoms with Crippen molar-refractivity contribution in [2.45, 2.75) is 26.0 Å². The molecule has 0 aliphatic carbocycles. The van der Waals surface area contributed by atoms with E-state index in [1.807, 2.05) is 4.68 Å². The van der Waals surface area contributed by atoms with Gasteiger partial charge in [0.15, 0.2) is 0 Å². The third-order valence-corrected chi connectivity index (χ3v) is 4.75. The highest BCUT2D eigenvalue weighted by molar-refractivity contribution is 5.95. The topological polar surface area (TPSA) is 83.8 Å². The van der Waals surface area contributed by atoms with E-state index in [-0.39, 0.29) is 5.91 Å². The largest absolute Gasteiger partial charge is 0.497 e. The molecule has 3 rings (SSSR count). The van der Waals surface area contributed by atoms with Gasteiger partial charge in [-0.2, -0.15) is 5.10 Å². The van der Waals surface area contributed by atoms with E-state index >= 15 is 0 Å². The summed E-state index contributed by atoms with van der Waals surface area (Å²) in [6.45, 7) is 3.09. The molecule has 0 spiro atoms. The van der Waals surface area contributed by atoms with Crippen LogP contribution in [0, 0.1) is 0 Å². The maximum Gasteiger partial charge on any atom is 0.251 e. The number of nitrogens with zero attached hydrogens (tertiary/aromatic N) is 2. The number of hydrogen-bond acceptors (Lipinski definition) is 6. The monoisotopic (exact) mass is 389 g/mol. The van der Waals surface area contributed by atoms with Crippen LogP contribution in [0.15, 0.2) is 18.2 Å². The van der Waals surface area contributed by atoms with Crippen molar-refractivity contribution >= 4 is 5.91 Å². The Hall–Kier alpha value is -2.58. The van der Waals surface area contributed by atoms with E-state index in [1.165, 1.54) is 5.69 Å². The molecule has 0 fully saturated rings. The van der Waals surface area contributed by atoms with Crippen LogP contribution in [-0.2, 0) is 35.5 Å². The van der Waals surface area contributed by atoms with Gasteiger partial charge in [-0.3, -0.25) is 9.48 Å². The number of rotatable bonds is 9. The van der Waals surface area contributed by atoms with Crippen LogP contribution in [0.4, 0.5) is 0 Å². The van der Waals surface area contributed by atoms with Crippen molar-refractivity contribution in [3.63, 3.8) is 0 Å². The first-order valence-electron chi connectivity index (χ1n) is 9.31. The summed E-state index contributed by atoms with van der Waals surface area (Å²) < 4.78 is 23.2. The quantitative estimate of drug-likeness (QED) is 0.701. The maximum atomic E-state index is 12.5. The average Bonchev–Trinajstić information content (AvgIpc) is 3.09. The standard InChI is InChI=1S/C20H27N3O5/c1-25-9-7-23-19-5-8-28-13-17(19)18(22-23)4-6-21-20(24)14-10-15(26-2)12-16(11-14)27-3/h10-12H,4-9,13H2,1-3H3,(H,21,24). The normalized spacial score (nSPS) is 13.1. The van der Waals surface area contributed by atoms with E-state index in [0.29, 0.717) is 49.8 Å². The molecule has 8 heteroatoms. The summed E-state index contributed by atoms with van der Waals surface area (Å²) in [4.78, 5) is 12.5. The molecule has 0 radical (unpaired) electrons. The van der Waals surface area contributed by atoms with E-state index in [0.717, 1.165) is 24.2 Å². The van der Waals surface area contributed by atoms with Crippen molar-refractivity contribution in [1.82, 2.24) is 15.1 Å². The maximum absolute atomic E-state index is 12.5. The van der Waals surface area contributed by atoms with Crippen molar-refractivity contribution in [3.8, 4) is 11.5 Å². The summed E-state index contributed by atoms with van der Waals surface area (Å²) >= 11 is 0. The number of hydrogen-bond donors (Lipinski definition) is 1. The smallest absolute Gasteiger partial charge is 0.251 e. The molecule has 2 aromatic rings. The van der Waals surface area contributed by atoms with Gasteiger partial charge in [-0.1, -0.05) is 0 Å². The fourth-order valence-corrected chi connectivity index (χ4v) is 3.28. The second-order valence-electron chi connectivity index (χ2n) is 6.50. The van der Waals surface area contributed by atoms with Crippen LogP contribution in [0.1, 0.15) is 27.3 Å². The van der Waals surface area contributed by atoms with Gasteiger partial charge in [-0.15, -0.1) is 0 Å². The second-order valence-corrected chi connectivity index (χ2v) is 6.50. The number of carbonyl (C=O) groups excluding carboxylic acids is 1. The fourth-order valence-electron chi connectivity index (χ4n) is 3.28. The molecule has 1 aliphatic rings. The molecule has 152 valence electrons. The van der Waals surface area contributed by atoms with Crippen molar-refractivity contribution in [2.75, 3.05) is 41.1 Å². The number of carbonyl (C=O) groups is 1. The number of amides is 1. The summed E-state index contributed by atoms with van der Waals surface area (Å²) in [7, 11) is 4.80. The summed E-state index contributed by atoms with van der Waals surface area (Å²) in [6, 6.07) is 5.11. The Labute approximate surface area is 164 Å². The zero-order chi connectivity index (χ0) is 19.9. The van der Waals surface area contributed by atoms with Crippen molar-refractivity contribution in [2.24, 2.45) is 0 Å². The number of nitrogens with one attached hydrogen (secondary N) is 1. The first kappa shape index (κ1) is 20.2. The van der Waals surface area contributed by atoms with Crippen LogP contribution in [0.3, 0.4) is 0 Å². The van der Waals surface area contributed by atoms with Gasteiger partial charge in [-0.25, -0.2) is 0 Å². The molecule has 0 atom stereocenters. The Morgan fingerprint density at radius 1 is 1.21 bits per heavy atom. The van der Waals surface area contributed by atoms with E-state index in [1.54, 1.807) is 39.5 Å².